The van der Waals surface area contributed by atoms with E-state index in [4.69, 9.17) is 0 Å². The fraction of sp³-hybridized carbons (Fsp3) is 0.500. The van der Waals surface area contributed by atoms with E-state index in [1.54, 1.807) is 12.1 Å². The number of nitrogens with one attached hydrogen (secondary N) is 1. The van der Waals surface area contributed by atoms with Gasteiger partial charge in [0.15, 0.2) is 0 Å². The van der Waals surface area contributed by atoms with Crippen LogP contribution in [0.2, 0.25) is 0 Å². The highest BCUT2D eigenvalue weighted by Crippen LogP contribution is 2.32. The molecular formula is C12H18N2O2S. The summed E-state index contributed by atoms with van der Waals surface area (Å²) in [6.45, 7) is 2.20. The van der Waals surface area contributed by atoms with E-state index in [2.05, 4.69) is 12.2 Å². The van der Waals surface area contributed by atoms with Gasteiger partial charge in [-0.15, -0.1) is 0 Å². The summed E-state index contributed by atoms with van der Waals surface area (Å²) in [4.78, 5) is 0.330. The van der Waals surface area contributed by atoms with Crippen molar-refractivity contribution in [1.29, 1.82) is 0 Å². The monoisotopic (exact) mass is 254 g/mol. The van der Waals surface area contributed by atoms with E-state index in [0.29, 0.717) is 10.9 Å². The molecule has 0 aromatic heterocycles. The SMILES string of the molecule is CC1CC1Nc1ccc(S(=O)(=O)N(C)C)cc1. The highest BCUT2D eigenvalue weighted by atomic mass is 32.2. The van der Waals surface area contributed by atoms with Crippen molar-refractivity contribution >= 4 is 15.7 Å². The van der Waals surface area contributed by atoms with E-state index in [9.17, 15) is 8.42 Å². The molecule has 1 aromatic rings. The van der Waals surface area contributed by atoms with Crippen LogP contribution in [0.4, 0.5) is 5.69 Å². The number of benzene rings is 1. The number of nitrogens with zero attached hydrogens (tertiary/aromatic N) is 1. The maximum Gasteiger partial charge on any atom is 0.242 e. The molecule has 1 saturated carbocycles. The van der Waals surface area contributed by atoms with Gasteiger partial charge >= 0.3 is 0 Å². The molecule has 0 spiro atoms. The Morgan fingerprint density at radius 2 is 1.76 bits per heavy atom. The summed E-state index contributed by atoms with van der Waals surface area (Å²) in [6.07, 6.45) is 1.19. The summed E-state index contributed by atoms with van der Waals surface area (Å²) in [5, 5.41) is 3.37. The van der Waals surface area contributed by atoms with Crippen molar-refractivity contribution in [3.8, 4) is 0 Å². The zero-order valence-corrected chi connectivity index (χ0v) is 11.2. The quantitative estimate of drug-likeness (QED) is 0.890. The molecule has 2 rings (SSSR count). The lowest BCUT2D eigenvalue weighted by atomic mass is 10.3. The Balaban J connectivity index is 2.13. The first-order valence-electron chi connectivity index (χ1n) is 5.70. The Bertz CT molecular complexity index is 494. The van der Waals surface area contributed by atoms with Crippen molar-refractivity contribution in [2.45, 2.75) is 24.3 Å². The van der Waals surface area contributed by atoms with Crippen molar-refractivity contribution in [1.82, 2.24) is 4.31 Å². The Morgan fingerprint density at radius 3 is 2.18 bits per heavy atom. The van der Waals surface area contributed by atoms with E-state index in [1.807, 2.05) is 12.1 Å². The van der Waals surface area contributed by atoms with Crippen molar-refractivity contribution in [3.05, 3.63) is 24.3 Å². The molecule has 0 aliphatic heterocycles. The third kappa shape index (κ3) is 2.61. The molecule has 0 heterocycles. The number of hydrogen-bond acceptors (Lipinski definition) is 3. The maximum atomic E-state index is 11.8. The molecule has 0 amide bonds. The molecule has 5 heteroatoms. The van der Waals surface area contributed by atoms with E-state index in [1.165, 1.54) is 24.8 Å². The summed E-state index contributed by atoms with van der Waals surface area (Å²) in [5.41, 5.74) is 0.983. The van der Waals surface area contributed by atoms with E-state index in [0.717, 1.165) is 11.6 Å². The molecule has 0 radical (unpaired) electrons. The highest BCUT2D eigenvalue weighted by molar-refractivity contribution is 7.89. The number of sulfonamides is 1. The molecule has 0 bridgehead atoms. The zero-order chi connectivity index (χ0) is 12.6. The number of rotatable bonds is 4. The molecule has 94 valence electrons. The summed E-state index contributed by atoms with van der Waals surface area (Å²) in [6, 6.07) is 7.48. The lowest BCUT2D eigenvalue weighted by molar-refractivity contribution is 0.521. The zero-order valence-electron chi connectivity index (χ0n) is 10.3. The first-order chi connectivity index (χ1) is 7.91. The van der Waals surface area contributed by atoms with Gasteiger partial charge in [-0.05, 0) is 36.6 Å². The smallest absolute Gasteiger partial charge is 0.242 e. The molecule has 4 nitrogen and oxygen atoms in total. The van der Waals surface area contributed by atoms with Crippen LogP contribution < -0.4 is 5.32 Å². The number of hydrogen-bond donors (Lipinski definition) is 1. The first-order valence-corrected chi connectivity index (χ1v) is 7.14. The summed E-state index contributed by atoms with van der Waals surface area (Å²) in [5.74, 6) is 0.722. The molecule has 1 aromatic carbocycles. The van der Waals surface area contributed by atoms with Crippen LogP contribution in [0.3, 0.4) is 0 Å². The second-order valence-corrected chi connectivity index (χ2v) is 6.93. The van der Waals surface area contributed by atoms with Gasteiger partial charge in [0.25, 0.3) is 0 Å². The average molecular weight is 254 g/mol. The summed E-state index contributed by atoms with van der Waals surface area (Å²) in [7, 11) is -0.242. The Morgan fingerprint density at radius 1 is 1.24 bits per heavy atom. The van der Waals surface area contributed by atoms with Gasteiger partial charge in [-0.25, -0.2) is 12.7 Å². The first kappa shape index (κ1) is 12.4. The van der Waals surface area contributed by atoms with E-state index >= 15 is 0 Å². The van der Waals surface area contributed by atoms with Crippen molar-refractivity contribution in [3.63, 3.8) is 0 Å². The van der Waals surface area contributed by atoms with Gasteiger partial charge in [0, 0.05) is 25.8 Å². The van der Waals surface area contributed by atoms with Crippen LogP contribution in [0.5, 0.6) is 0 Å². The fourth-order valence-corrected chi connectivity index (χ4v) is 2.57. The van der Waals surface area contributed by atoms with Crippen LogP contribution in [-0.2, 0) is 10.0 Å². The Labute approximate surface area is 103 Å². The molecule has 1 aliphatic carbocycles. The van der Waals surface area contributed by atoms with E-state index < -0.39 is 10.0 Å². The molecule has 1 fully saturated rings. The Hall–Kier alpha value is -1.07. The lowest BCUT2D eigenvalue weighted by Crippen LogP contribution is -2.22. The van der Waals surface area contributed by atoms with Crippen LogP contribution in [0.25, 0.3) is 0 Å². The molecule has 1 N–H and O–H groups in total. The summed E-state index contributed by atoms with van der Waals surface area (Å²) >= 11 is 0. The third-order valence-electron chi connectivity index (χ3n) is 3.09. The summed E-state index contributed by atoms with van der Waals surface area (Å²) < 4.78 is 24.9. The van der Waals surface area contributed by atoms with Gasteiger partial charge in [-0.2, -0.15) is 0 Å². The minimum atomic E-state index is -3.31. The highest BCUT2D eigenvalue weighted by Gasteiger charge is 2.32. The van der Waals surface area contributed by atoms with Gasteiger partial charge in [0.05, 0.1) is 4.90 Å². The molecule has 17 heavy (non-hydrogen) atoms. The second kappa shape index (κ2) is 4.31. The average Bonchev–Trinajstić information content (AvgIpc) is 2.95. The third-order valence-corrected chi connectivity index (χ3v) is 4.92. The molecule has 0 saturated heterocycles. The fourth-order valence-electron chi connectivity index (χ4n) is 1.67. The van der Waals surface area contributed by atoms with Crippen LogP contribution >= 0.6 is 0 Å². The van der Waals surface area contributed by atoms with Crippen LogP contribution in [0.1, 0.15) is 13.3 Å². The number of anilines is 1. The normalized spacial score (nSPS) is 23.8. The van der Waals surface area contributed by atoms with Crippen molar-refractivity contribution < 1.29 is 8.42 Å². The molecular weight excluding hydrogens is 236 g/mol. The van der Waals surface area contributed by atoms with Gasteiger partial charge < -0.3 is 5.32 Å². The minimum Gasteiger partial charge on any atom is -0.382 e. The lowest BCUT2D eigenvalue weighted by Gasteiger charge is -2.12. The van der Waals surface area contributed by atoms with Crippen molar-refractivity contribution in [2.24, 2.45) is 5.92 Å². The predicted molar refractivity (Wildman–Crippen MR) is 68.5 cm³/mol. The van der Waals surface area contributed by atoms with Gasteiger partial charge in [-0.1, -0.05) is 6.92 Å². The van der Waals surface area contributed by atoms with Gasteiger partial charge in [0.1, 0.15) is 0 Å². The van der Waals surface area contributed by atoms with Gasteiger partial charge in [-0.3, -0.25) is 0 Å². The Kier molecular flexibility index (Phi) is 3.14. The molecule has 1 aliphatic rings. The standard InChI is InChI=1S/C12H18N2O2S/c1-9-8-12(9)13-10-4-6-11(7-5-10)17(15,16)14(2)3/h4-7,9,12-13H,8H2,1-3H3. The van der Waals surface area contributed by atoms with Crippen LogP contribution in [0, 0.1) is 5.92 Å². The van der Waals surface area contributed by atoms with Crippen LogP contribution in [-0.4, -0.2) is 32.9 Å². The minimum absolute atomic E-state index is 0.330. The van der Waals surface area contributed by atoms with E-state index in [-0.39, 0.29) is 0 Å². The predicted octanol–water partition coefficient (Wildman–Crippen LogP) is 1.76. The second-order valence-electron chi connectivity index (χ2n) is 4.78. The molecule has 2 unspecified atom stereocenters. The van der Waals surface area contributed by atoms with Crippen LogP contribution in [0.15, 0.2) is 29.2 Å². The largest absolute Gasteiger partial charge is 0.382 e. The topological polar surface area (TPSA) is 49.4 Å². The molecule has 2 atom stereocenters. The van der Waals surface area contributed by atoms with Crippen molar-refractivity contribution in [2.75, 3.05) is 19.4 Å². The maximum absolute atomic E-state index is 11.8. The van der Waals surface area contributed by atoms with Gasteiger partial charge in [0.2, 0.25) is 10.0 Å².